The van der Waals surface area contributed by atoms with Crippen molar-refractivity contribution in [3.05, 3.63) is 0 Å². The van der Waals surface area contributed by atoms with Crippen LogP contribution in [0.5, 0.6) is 0 Å². The standard InChI is InChI=1S/C11H23N3O/c1-3-10(11(12)15)14-6-4-9(5-7-14)8-13-2/h9-10,13H,3-8H2,1-2H3,(H2,12,15). The average Bonchev–Trinajstić information content (AvgIpc) is 2.21. The van der Waals surface area contributed by atoms with Gasteiger partial charge in [-0.2, -0.15) is 0 Å². The van der Waals surface area contributed by atoms with Gasteiger partial charge in [0.25, 0.3) is 0 Å². The zero-order valence-electron chi connectivity index (χ0n) is 9.83. The van der Waals surface area contributed by atoms with Crippen molar-refractivity contribution in [2.75, 3.05) is 26.7 Å². The third kappa shape index (κ3) is 3.47. The molecule has 1 heterocycles. The van der Waals surface area contributed by atoms with Gasteiger partial charge in [-0.1, -0.05) is 6.92 Å². The number of carbonyl (C=O) groups is 1. The molecule has 4 heteroatoms. The van der Waals surface area contributed by atoms with Crippen molar-refractivity contribution >= 4 is 5.91 Å². The van der Waals surface area contributed by atoms with Crippen LogP contribution < -0.4 is 11.1 Å². The van der Waals surface area contributed by atoms with Crippen molar-refractivity contribution in [1.82, 2.24) is 10.2 Å². The zero-order valence-corrected chi connectivity index (χ0v) is 9.83. The third-order valence-electron chi connectivity index (χ3n) is 3.30. The molecule has 1 aliphatic rings. The molecule has 0 bridgehead atoms. The van der Waals surface area contributed by atoms with Crippen LogP contribution in [-0.2, 0) is 4.79 Å². The van der Waals surface area contributed by atoms with E-state index in [1.807, 2.05) is 14.0 Å². The number of primary amides is 1. The van der Waals surface area contributed by atoms with Crippen LogP contribution in [0.3, 0.4) is 0 Å². The molecule has 1 saturated heterocycles. The second-order valence-electron chi connectivity index (χ2n) is 4.36. The van der Waals surface area contributed by atoms with Crippen LogP contribution in [0.25, 0.3) is 0 Å². The van der Waals surface area contributed by atoms with Gasteiger partial charge in [0.15, 0.2) is 0 Å². The lowest BCUT2D eigenvalue weighted by atomic mass is 9.95. The first-order valence-corrected chi connectivity index (χ1v) is 5.87. The van der Waals surface area contributed by atoms with E-state index in [-0.39, 0.29) is 11.9 Å². The molecule has 1 atom stereocenters. The molecule has 1 fully saturated rings. The molecule has 0 aromatic heterocycles. The minimum atomic E-state index is -0.176. The molecule has 1 unspecified atom stereocenters. The lowest BCUT2D eigenvalue weighted by Crippen LogP contribution is -2.48. The molecule has 0 aromatic carbocycles. The van der Waals surface area contributed by atoms with E-state index in [0.29, 0.717) is 0 Å². The van der Waals surface area contributed by atoms with Gasteiger partial charge in [0.2, 0.25) is 5.91 Å². The molecular weight excluding hydrogens is 190 g/mol. The van der Waals surface area contributed by atoms with E-state index in [1.165, 1.54) is 12.8 Å². The number of amides is 1. The molecule has 0 saturated carbocycles. The Morgan fingerprint density at radius 1 is 1.53 bits per heavy atom. The smallest absolute Gasteiger partial charge is 0.234 e. The highest BCUT2D eigenvalue weighted by molar-refractivity contribution is 5.79. The highest BCUT2D eigenvalue weighted by atomic mass is 16.1. The summed E-state index contributed by atoms with van der Waals surface area (Å²) in [6, 6.07) is -0.0551. The average molecular weight is 213 g/mol. The molecule has 4 nitrogen and oxygen atoms in total. The first-order chi connectivity index (χ1) is 7.19. The Hall–Kier alpha value is -0.610. The maximum atomic E-state index is 11.2. The quantitative estimate of drug-likeness (QED) is 0.685. The monoisotopic (exact) mass is 213 g/mol. The van der Waals surface area contributed by atoms with E-state index in [0.717, 1.165) is 32.0 Å². The molecule has 0 aromatic rings. The van der Waals surface area contributed by atoms with Crippen LogP contribution in [0.2, 0.25) is 0 Å². The van der Waals surface area contributed by atoms with Gasteiger partial charge < -0.3 is 11.1 Å². The van der Waals surface area contributed by atoms with Crippen molar-refractivity contribution in [3.63, 3.8) is 0 Å². The minimum absolute atomic E-state index is 0.0551. The summed E-state index contributed by atoms with van der Waals surface area (Å²) in [6.45, 7) is 5.12. The van der Waals surface area contributed by atoms with Gasteiger partial charge >= 0.3 is 0 Å². The van der Waals surface area contributed by atoms with E-state index in [4.69, 9.17) is 5.73 Å². The van der Waals surface area contributed by atoms with Gasteiger partial charge in [-0.15, -0.1) is 0 Å². The van der Waals surface area contributed by atoms with Crippen molar-refractivity contribution in [3.8, 4) is 0 Å². The number of hydrogen-bond acceptors (Lipinski definition) is 3. The Morgan fingerprint density at radius 2 is 2.13 bits per heavy atom. The van der Waals surface area contributed by atoms with E-state index < -0.39 is 0 Å². The van der Waals surface area contributed by atoms with Crippen molar-refractivity contribution in [2.24, 2.45) is 11.7 Å². The van der Waals surface area contributed by atoms with E-state index in [9.17, 15) is 4.79 Å². The minimum Gasteiger partial charge on any atom is -0.368 e. The highest BCUT2D eigenvalue weighted by Crippen LogP contribution is 2.19. The van der Waals surface area contributed by atoms with Crippen LogP contribution in [0.15, 0.2) is 0 Å². The van der Waals surface area contributed by atoms with Crippen LogP contribution in [0.4, 0.5) is 0 Å². The Bertz CT molecular complexity index is 200. The molecular formula is C11H23N3O. The fourth-order valence-electron chi connectivity index (χ4n) is 2.40. The number of nitrogens with one attached hydrogen (secondary N) is 1. The molecule has 3 N–H and O–H groups in total. The second kappa shape index (κ2) is 6.08. The lowest BCUT2D eigenvalue weighted by molar-refractivity contribution is -0.123. The normalized spacial score (nSPS) is 21.5. The summed E-state index contributed by atoms with van der Waals surface area (Å²) in [5.74, 6) is 0.584. The van der Waals surface area contributed by atoms with Crippen LogP contribution in [0.1, 0.15) is 26.2 Å². The Labute approximate surface area is 92.2 Å². The van der Waals surface area contributed by atoms with Gasteiger partial charge in [0.05, 0.1) is 6.04 Å². The van der Waals surface area contributed by atoms with Gasteiger partial charge in [0.1, 0.15) is 0 Å². The second-order valence-corrected chi connectivity index (χ2v) is 4.36. The molecule has 0 radical (unpaired) electrons. The zero-order chi connectivity index (χ0) is 11.3. The molecule has 0 spiro atoms. The van der Waals surface area contributed by atoms with Crippen LogP contribution >= 0.6 is 0 Å². The SMILES string of the molecule is CCC(C(N)=O)N1CCC(CNC)CC1. The topological polar surface area (TPSA) is 58.4 Å². The summed E-state index contributed by atoms with van der Waals surface area (Å²) in [7, 11) is 1.99. The molecule has 1 amide bonds. The van der Waals surface area contributed by atoms with Gasteiger partial charge in [-0.05, 0) is 51.9 Å². The van der Waals surface area contributed by atoms with Crippen LogP contribution in [-0.4, -0.2) is 43.5 Å². The third-order valence-corrected chi connectivity index (χ3v) is 3.30. The fourth-order valence-corrected chi connectivity index (χ4v) is 2.40. The fraction of sp³-hybridized carbons (Fsp3) is 0.909. The molecule has 15 heavy (non-hydrogen) atoms. The van der Waals surface area contributed by atoms with E-state index in [1.54, 1.807) is 0 Å². The van der Waals surface area contributed by atoms with Gasteiger partial charge in [-0.25, -0.2) is 0 Å². The number of likely N-dealkylation sites (tertiary alicyclic amines) is 1. The van der Waals surface area contributed by atoms with Gasteiger partial charge in [0, 0.05) is 0 Å². The molecule has 0 aliphatic carbocycles. The van der Waals surface area contributed by atoms with Gasteiger partial charge in [-0.3, -0.25) is 9.69 Å². The number of carbonyl (C=O) groups excluding carboxylic acids is 1. The lowest BCUT2D eigenvalue weighted by Gasteiger charge is -2.35. The van der Waals surface area contributed by atoms with Crippen molar-refractivity contribution in [2.45, 2.75) is 32.2 Å². The number of nitrogens with two attached hydrogens (primary N) is 1. The van der Waals surface area contributed by atoms with Crippen LogP contribution in [0, 0.1) is 5.92 Å². The Morgan fingerprint density at radius 3 is 2.53 bits per heavy atom. The Kier molecular flexibility index (Phi) is 5.05. The van der Waals surface area contributed by atoms with Crippen molar-refractivity contribution in [1.29, 1.82) is 0 Å². The number of piperidine rings is 1. The predicted octanol–water partition coefficient (Wildman–Crippen LogP) is 0.182. The van der Waals surface area contributed by atoms with Crippen molar-refractivity contribution < 1.29 is 4.79 Å². The summed E-state index contributed by atoms with van der Waals surface area (Å²) in [6.07, 6.45) is 3.17. The largest absolute Gasteiger partial charge is 0.368 e. The summed E-state index contributed by atoms with van der Waals surface area (Å²) < 4.78 is 0. The predicted molar refractivity (Wildman–Crippen MR) is 61.5 cm³/mol. The summed E-state index contributed by atoms with van der Waals surface area (Å²) in [5, 5.41) is 3.21. The molecule has 88 valence electrons. The first-order valence-electron chi connectivity index (χ1n) is 5.87. The Balaban J connectivity index is 2.38. The number of hydrogen-bond donors (Lipinski definition) is 2. The summed E-state index contributed by atoms with van der Waals surface area (Å²) >= 11 is 0. The summed E-state index contributed by atoms with van der Waals surface area (Å²) in [4.78, 5) is 13.4. The maximum Gasteiger partial charge on any atom is 0.234 e. The number of rotatable bonds is 5. The number of nitrogens with zero attached hydrogens (tertiary/aromatic N) is 1. The van der Waals surface area contributed by atoms with E-state index in [2.05, 4.69) is 10.2 Å². The summed E-state index contributed by atoms with van der Waals surface area (Å²) in [5.41, 5.74) is 5.38. The van der Waals surface area contributed by atoms with E-state index >= 15 is 0 Å². The molecule has 1 aliphatic heterocycles. The maximum absolute atomic E-state index is 11.2. The highest BCUT2D eigenvalue weighted by Gasteiger charge is 2.26. The first kappa shape index (κ1) is 12.5. The molecule has 1 rings (SSSR count).